The number of nitrogens with two attached hydrogens (primary N) is 1. The number of methoxy groups -OCH3 is 1. The summed E-state index contributed by atoms with van der Waals surface area (Å²) in [4.78, 5) is 26.6. The Labute approximate surface area is 223 Å². The molecular formula is C26H38FN7O2S. The summed E-state index contributed by atoms with van der Waals surface area (Å²) < 4.78 is 22.4. The fourth-order valence-corrected chi connectivity index (χ4v) is 5.67. The molecule has 202 valence electrons. The van der Waals surface area contributed by atoms with E-state index in [4.69, 9.17) is 10.5 Å². The number of piperidine rings is 1. The number of aryl methyl sites for hydroxylation is 1. The molecule has 1 aromatic heterocycles. The normalized spacial score (nSPS) is 18.2. The van der Waals surface area contributed by atoms with Gasteiger partial charge in [-0.25, -0.2) is 9.37 Å². The smallest absolute Gasteiger partial charge is 0.224 e. The van der Waals surface area contributed by atoms with Gasteiger partial charge < -0.3 is 25.6 Å². The number of anilines is 2. The Balaban J connectivity index is 1.24. The lowest BCUT2D eigenvalue weighted by Gasteiger charge is -2.33. The van der Waals surface area contributed by atoms with E-state index < -0.39 is 11.6 Å². The molecule has 9 nitrogen and oxygen atoms in total. The number of ketones is 1. The largest absolute Gasteiger partial charge is 0.496 e. The molecule has 0 aliphatic carbocycles. The Kier molecular flexibility index (Phi) is 9.58. The van der Waals surface area contributed by atoms with Crippen molar-refractivity contribution in [3.63, 3.8) is 0 Å². The van der Waals surface area contributed by atoms with Gasteiger partial charge in [0.1, 0.15) is 22.9 Å². The van der Waals surface area contributed by atoms with Crippen LogP contribution in [0.1, 0.15) is 40.7 Å². The number of hydrogen-bond acceptors (Lipinski definition) is 10. The predicted octanol–water partition coefficient (Wildman–Crippen LogP) is 2.91. The first kappa shape index (κ1) is 27.6. The van der Waals surface area contributed by atoms with E-state index in [2.05, 4.69) is 36.4 Å². The van der Waals surface area contributed by atoms with Crippen LogP contribution in [-0.2, 0) is 0 Å². The number of piperazine rings is 1. The highest BCUT2D eigenvalue weighted by Crippen LogP contribution is 2.28. The van der Waals surface area contributed by atoms with E-state index in [0.29, 0.717) is 11.5 Å². The highest BCUT2D eigenvalue weighted by Gasteiger charge is 2.25. The minimum atomic E-state index is -0.630. The molecule has 37 heavy (non-hydrogen) atoms. The van der Waals surface area contributed by atoms with Gasteiger partial charge in [0.2, 0.25) is 11.7 Å². The van der Waals surface area contributed by atoms with Gasteiger partial charge in [-0.15, -0.1) is 0 Å². The maximum absolute atomic E-state index is 14.7. The van der Waals surface area contributed by atoms with Crippen LogP contribution < -0.4 is 15.8 Å². The molecule has 3 N–H and O–H groups in total. The third kappa shape index (κ3) is 7.10. The average molecular weight is 532 g/mol. The van der Waals surface area contributed by atoms with Gasteiger partial charge in [0.15, 0.2) is 0 Å². The van der Waals surface area contributed by atoms with E-state index in [1.807, 2.05) is 11.9 Å². The molecule has 0 bridgehead atoms. The average Bonchev–Trinajstić information content (AvgIpc) is 2.90. The van der Waals surface area contributed by atoms with E-state index in [1.54, 1.807) is 19.1 Å². The molecule has 2 fully saturated rings. The second-order valence-electron chi connectivity index (χ2n) is 9.77. The summed E-state index contributed by atoms with van der Waals surface area (Å²) in [7, 11) is 3.58. The Hall–Kier alpha value is -2.47. The minimum absolute atomic E-state index is 0.0128. The number of nitrogens with one attached hydrogen (secondary N) is 1. The van der Waals surface area contributed by atoms with Gasteiger partial charge in [0.25, 0.3) is 0 Å². The van der Waals surface area contributed by atoms with E-state index >= 15 is 0 Å². The first-order valence-electron chi connectivity index (χ1n) is 12.9. The van der Waals surface area contributed by atoms with Crippen LogP contribution in [0, 0.1) is 12.7 Å². The van der Waals surface area contributed by atoms with Crippen molar-refractivity contribution in [3.8, 4) is 5.75 Å². The van der Waals surface area contributed by atoms with E-state index in [1.165, 1.54) is 52.5 Å². The molecule has 11 heteroatoms. The number of benzene rings is 1. The molecule has 0 atom stereocenters. The third-order valence-electron chi connectivity index (χ3n) is 7.08. The zero-order chi connectivity index (χ0) is 26.4. The van der Waals surface area contributed by atoms with Crippen LogP contribution in [0.2, 0.25) is 0 Å². The standard InChI is InChI=1S/C26H38FN7O2S/c1-18-5-6-21(36-3)22(23(18)27)24(35)20-17-29-26(31-25(20)28)30-19-7-10-34(11-8-19)37-16-4-9-33-14-12-32(2)13-15-33/h5-6,17,19H,4,7-16H2,1-3H3,(H3,28,29,30,31). The maximum Gasteiger partial charge on any atom is 0.224 e. The first-order chi connectivity index (χ1) is 17.9. The number of aromatic nitrogens is 2. The second kappa shape index (κ2) is 12.9. The number of carbonyl (C=O) groups is 1. The fourth-order valence-electron chi connectivity index (χ4n) is 4.68. The molecule has 2 aliphatic rings. The lowest BCUT2D eigenvalue weighted by molar-refractivity contribution is 0.103. The summed E-state index contributed by atoms with van der Waals surface area (Å²) in [6.07, 6.45) is 4.52. The minimum Gasteiger partial charge on any atom is -0.496 e. The van der Waals surface area contributed by atoms with Gasteiger partial charge in [-0.1, -0.05) is 18.0 Å². The maximum atomic E-state index is 14.7. The van der Waals surface area contributed by atoms with Crippen LogP contribution in [0.5, 0.6) is 5.75 Å². The van der Waals surface area contributed by atoms with Crippen molar-refractivity contribution in [3.05, 3.63) is 40.8 Å². The third-order valence-corrected chi connectivity index (χ3v) is 8.28. The summed E-state index contributed by atoms with van der Waals surface area (Å²) in [6, 6.07) is 3.37. The summed E-state index contributed by atoms with van der Waals surface area (Å²) in [5.41, 5.74) is 6.34. The Morgan fingerprint density at radius 3 is 2.62 bits per heavy atom. The Bertz CT molecular complexity index is 1070. The number of nitrogens with zero attached hydrogens (tertiary/aromatic N) is 5. The molecule has 1 aromatic carbocycles. The fraction of sp³-hybridized carbons (Fsp3) is 0.577. The summed E-state index contributed by atoms with van der Waals surface area (Å²) in [6.45, 7) is 9.46. The molecule has 0 unspecified atom stereocenters. The number of hydrogen-bond donors (Lipinski definition) is 2. The van der Waals surface area contributed by atoms with Gasteiger partial charge in [0.05, 0.1) is 12.7 Å². The highest BCUT2D eigenvalue weighted by molar-refractivity contribution is 7.97. The molecule has 4 rings (SSSR count). The van der Waals surface area contributed by atoms with Crippen LogP contribution in [0.3, 0.4) is 0 Å². The Morgan fingerprint density at radius 2 is 1.95 bits per heavy atom. The number of rotatable bonds is 10. The van der Waals surface area contributed by atoms with E-state index in [9.17, 15) is 9.18 Å². The van der Waals surface area contributed by atoms with Crippen LogP contribution in [0.4, 0.5) is 16.2 Å². The van der Waals surface area contributed by atoms with Crippen molar-refractivity contribution in [2.24, 2.45) is 0 Å². The first-order valence-corrected chi connectivity index (χ1v) is 13.9. The SMILES string of the molecule is COc1ccc(C)c(F)c1C(=O)c1cnc(NC2CCN(SCCCN3CCN(C)CC3)CC2)nc1N. The molecule has 3 heterocycles. The molecular weight excluding hydrogens is 493 g/mol. The number of carbonyl (C=O) groups excluding carboxylic acids is 1. The number of likely N-dealkylation sites (N-methyl/N-ethyl adjacent to an activating group) is 1. The van der Waals surface area contributed by atoms with Crippen molar-refractivity contribution >= 4 is 29.5 Å². The molecule has 0 saturated carbocycles. The van der Waals surface area contributed by atoms with Crippen LogP contribution >= 0.6 is 11.9 Å². The van der Waals surface area contributed by atoms with Gasteiger partial charge >= 0.3 is 0 Å². The van der Waals surface area contributed by atoms with Crippen molar-refractivity contribution < 1.29 is 13.9 Å². The topological polar surface area (TPSA) is 99.9 Å². The van der Waals surface area contributed by atoms with Gasteiger partial charge in [-0.05, 0) is 51.4 Å². The molecule has 0 spiro atoms. The van der Waals surface area contributed by atoms with Gasteiger partial charge in [-0.3, -0.25) is 9.10 Å². The number of halogens is 1. The zero-order valence-corrected chi connectivity index (χ0v) is 22.8. The van der Waals surface area contributed by atoms with E-state index in [0.717, 1.165) is 31.7 Å². The molecule has 0 radical (unpaired) electrons. The van der Waals surface area contributed by atoms with Crippen molar-refractivity contribution in [2.45, 2.75) is 32.2 Å². The van der Waals surface area contributed by atoms with Crippen molar-refractivity contribution in [2.75, 3.05) is 76.8 Å². The van der Waals surface area contributed by atoms with E-state index in [-0.39, 0.29) is 28.7 Å². The molecule has 2 aromatic rings. The predicted molar refractivity (Wildman–Crippen MR) is 147 cm³/mol. The van der Waals surface area contributed by atoms with Crippen molar-refractivity contribution in [1.29, 1.82) is 0 Å². The number of nitrogen functional groups attached to an aromatic ring is 1. The summed E-state index contributed by atoms with van der Waals surface area (Å²) in [5.74, 6) is 0.461. The zero-order valence-electron chi connectivity index (χ0n) is 22.0. The quantitative estimate of drug-likeness (QED) is 0.270. The molecule has 0 amide bonds. The lowest BCUT2D eigenvalue weighted by Crippen LogP contribution is -2.44. The Morgan fingerprint density at radius 1 is 1.22 bits per heavy atom. The lowest BCUT2D eigenvalue weighted by atomic mass is 10.0. The highest BCUT2D eigenvalue weighted by atomic mass is 32.2. The monoisotopic (exact) mass is 531 g/mol. The summed E-state index contributed by atoms with van der Waals surface area (Å²) >= 11 is 1.94. The molecule has 2 aliphatic heterocycles. The van der Waals surface area contributed by atoms with Gasteiger partial charge in [-0.2, -0.15) is 4.98 Å². The van der Waals surface area contributed by atoms with Crippen LogP contribution in [-0.4, -0.2) is 102 Å². The summed E-state index contributed by atoms with van der Waals surface area (Å²) in [5, 5.41) is 3.35. The van der Waals surface area contributed by atoms with Crippen molar-refractivity contribution in [1.82, 2.24) is 24.1 Å². The van der Waals surface area contributed by atoms with Gasteiger partial charge in [0, 0.05) is 57.3 Å². The second-order valence-corrected chi connectivity index (χ2v) is 11.0. The van der Waals surface area contributed by atoms with Crippen LogP contribution in [0.25, 0.3) is 0 Å². The number of ether oxygens (including phenoxy) is 1. The van der Waals surface area contributed by atoms with Crippen LogP contribution in [0.15, 0.2) is 18.3 Å². The molecule has 2 saturated heterocycles.